The van der Waals surface area contributed by atoms with E-state index in [1.807, 2.05) is 25.3 Å². The summed E-state index contributed by atoms with van der Waals surface area (Å²) < 4.78 is 5.89. The number of benzene rings is 1. The number of hydrogen-bond acceptors (Lipinski definition) is 4. The summed E-state index contributed by atoms with van der Waals surface area (Å²) in [5.41, 5.74) is 3.67. The van der Waals surface area contributed by atoms with Gasteiger partial charge in [-0.15, -0.1) is 11.3 Å². The van der Waals surface area contributed by atoms with Crippen LogP contribution in [0.5, 0.6) is 5.75 Å². The molecule has 1 aromatic carbocycles. The van der Waals surface area contributed by atoms with E-state index in [4.69, 9.17) is 4.74 Å². The third-order valence-corrected chi connectivity index (χ3v) is 4.74. The van der Waals surface area contributed by atoms with E-state index >= 15 is 0 Å². The van der Waals surface area contributed by atoms with E-state index in [0.717, 1.165) is 24.3 Å². The fourth-order valence-electron chi connectivity index (χ4n) is 2.71. The van der Waals surface area contributed by atoms with Gasteiger partial charge in [0.05, 0.1) is 5.69 Å². The normalized spacial score (nSPS) is 14.5. The lowest BCUT2D eigenvalue weighted by atomic mass is 10.1. The Kier molecular flexibility index (Phi) is 4.43. The second kappa shape index (κ2) is 6.48. The zero-order valence-electron chi connectivity index (χ0n) is 12.9. The average Bonchev–Trinajstić information content (AvgIpc) is 3.12. The van der Waals surface area contributed by atoms with Gasteiger partial charge in [0.1, 0.15) is 5.75 Å². The highest BCUT2D eigenvalue weighted by atomic mass is 32.1. The van der Waals surface area contributed by atoms with Crippen molar-refractivity contribution in [2.24, 2.45) is 0 Å². The van der Waals surface area contributed by atoms with Crippen molar-refractivity contribution in [2.75, 3.05) is 5.32 Å². The van der Waals surface area contributed by atoms with E-state index in [2.05, 4.69) is 22.4 Å². The van der Waals surface area contributed by atoms with Crippen molar-refractivity contribution >= 4 is 22.4 Å². The number of aryl methyl sites for hydroxylation is 3. The first-order chi connectivity index (χ1) is 10.7. The molecule has 22 heavy (non-hydrogen) atoms. The molecule has 116 valence electrons. The number of nitrogens with zero attached hydrogens (tertiary/aromatic N) is 1. The predicted molar refractivity (Wildman–Crippen MR) is 88.7 cm³/mol. The highest BCUT2D eigenvalue weighted by Gasteiger charge is 2.20. The molecule has 0 saturated heterocycles. The maximum atomic E-state index is 12.3. The van der Waals surface area contributed by atoms with Gasteiger partial charge in [0.25, 0.3) is 5.91 Å². The first-order valence-electron chi connectivity index (χ1n) is 7.67. The Morgan fingerprint density at radius 3 is 2.95 bits per heavy atom. The van der Waals surface area contributed by atoms with Crippen LogP contribution in [0.2, 0.25) is 0 Å². The molecule has 1 N–H and O–H groups in total. The Hall–Kier alpha value is -1.88. The van der Waals surface area contributed by atoms with Crippen LogP contribution in [0.25, 0.3) is 0 Å². The second-order valence-corrected chi connectivity index (χ2v) is 6.44. The molecule has 3 rings (SSSR count). The van der Waals surface area contributed by atoms with Crippen LogP contribution in [-0.4, -0.2) is 17.0 Å². The van der Waals surface area contributed by atoms with Gasteiger partial charge in [0.2, 0.25) is 0 Å². The number of nitrogens with one attached hydrogen (secondary N) is 1. The summed E-state index contributed by atoms with van der Waals surface area (Å²) in [5, 5.41) is 5.37. The van der Waals surface area contributed by atoms with Gasteiger partial charge in [-0.05, 0) is 55.9 Å². The fraction of sp³-hybridized carbons (Fsp3) is 0.412. The van der Waals surface area contributed by atoms with Crippen LogP contribution in [0.4, 0.5) is 5.13 Å². The van der Waals surface area contributed by atoms with Gasteiger partial charge in [-0.3, -0.25) is 10.1 Å². The summed E-state index contributed by atoms with van der Waals surface area (Å²) in [6.07, 6.45) is 3.58. The summed E-state index contributed by atoms with van der Waals surface area (Å²) in [7, 11) is 0. The lowest BCUT2D eigenvalue weighted by molar-refractivity contribution is -0.122. The van der Waals surface area contributed by atoms with Crippen molar-refractivity contribution in [1.82, 2.24) is 4.98 Å². The number of anilines is 1. The summed E-state index contributed by atoms with van der Waals surface area (Å²) >= 11 is 1.43. The molecular formula is C17H20N2O2S. The molecule has 1 atom stereocenters. The number of hydrogen-bond donors (Lipinski definition) is 1. The number of aromatic nitrogens is 1. The number of ether oxygens (including phenoxy) is 1. The van der Waals surface area contributed by atoms with Crippen LogP contribution in [0.3, 0.4) is 0 Å². The first-order valence-corrected chi connectivity index (χ1v) is 8.55. The van der Waals surface area contributed by atoms with Gasteiger partial charge in [-0.2, -0.15) is 0 Å². The van der Waals surface area contributed by atoms with E-state index in [1.165, 1.54) is 28.9 Å². The van der Waals surface area contributed by atoms with Gasteiger partial charge in [-0.1, -0.05) is 13.0 Å². The highest BCUT2D eigenvalue weighted by Crippen LogP contribution is 2.27. The molecule has 0 spiro atoms. The van der Waals surface area contributed by atoms with E-state index < -0.39 is 6.10 Å². The summed E-state index contributed by atoms with van der Waals surface area (Å²) in [5.74, 6) is 0.635. The Labute approximate surface area is 134 Å². The molecule has 1 amide bonds. The second-order valence-electron chi connectivity index (χ2n) is 5.58. The van der Waals surface area contributed by atoms with Crippen LogP contribution in [0.1, 0.15) is 36.6 Å². The van der Waals surface area contributed by atoms with E-state index in [0.29, 0.717) is 11.6 Å². The minimum atomic E-state index is -0.497. The molecule has 4 nitrogen and oxygen atoms in total. The number of carbonyl (C=O) groups excluding carboxylic acids is 1. The maximum absolute atomic E-state index is 12.3. The number of thiazole rings is 1. The lowest BCUT2D eigenvalue weighted by Gasteiger charge is -2.17. The Balaban J connectivity index is 1.67. The third-order valence-electron chi connectivity index (χ3n) is 3.86. The smallest absolute Gasteiger partial charge is 0.267 e. The number of rotatable bonds is 5. The number of carbonyl (C=O) groups is 1. The van der Waals surface area contributed by atoms with Crippen LogP contribution < -0.4 is 10.1 Å². The summed E-state index contributed by atoms with van der Waals surface area (Å²) in [6, 6.07) is 6.16. The average molecular weight is 316 g/mol. The summed E-state index contributed by atoms with van der Waals surface area (Å²) in [6.45, 7) is 3.86. The molecule has 0 radical (unpaired) electrons. The van der Waals surface area contributed by atoms with Crippen LogP contribution in [-0.2, 0) is 17.6 Å². The number of fused-ring (bicyclic) bond motifs is 1. The molecule has 0 fully saturated rings. The van der Waals surface area contributed by atoms with Gasteiger partial charge >= 0.3 is 0 Å². The lowest BCUT2D eigenvalue weighted by Crippen LogP contribution is -2.32. The molecule has 0 bridgehead atoms. The van der Waals surface area contributed by atoms with E-state index in [9.17, 15) is 4.79 Å². The summed E-state index contributed by atoms with van der Waals surface area (Å²) in [4.78, 5) is 16.6. The van der Waals surface area contributed by atoms with Gasteiger partial charge in [0.15, 0.2) is 11.2 Å². The molecule has 1 aliphatic rings. The fourth-order valence-corrected chi connectivity index (χ4v) is 3.40. The third kappa shape index (κ3) is 3.30. The molecule has 1 heterocycles. The van der Waals surface area contributed by atoms with E-state index in [1.54, 1.807) is 0 Å². The highest BCUT2D eigenvalue weighted by molar-refractivity contribution is 7.13. The Bertz CT molecular complexity index is 681. The van der Waals surface area contributed by atoms with Crippen molar-refractivity contribution in [3.63, 3.8) is 0 Å². The predicted octanol–water partition coefficient (Wildman–Crippen LogP) is 3.74. The Morgan fingerprint density at radius 1 is 1.41 bits per heavy atom. The topological polar surface area (TPSA) is 51.2 Å². The molecule has 0 aliphatic heterocycles. The SMILES string of the molecule is CCC(Oc1ccc2c(c1)CCC2)C(=O)Nc1nc(C)cs1. The van der Waals surface area contributed by atoms with Crippen LogP contribution in [0, 0.1) is 6.92 Å². The monoisotopic (exact) mass is 316 g/mol. The minimum absolute atomic E-state index is 0.141. The van der Waals surface area contributed by atoms with Crippen LogP contribution >= 0.6 is 11.3 Å². The van der Waals surface area contributed by atoms with Crippen molar-refractivity contribution in [2.45, 2.75) is 45.6 Å². The minimum Gasteiger partial charge on any atom is -0.481 e. The standard InChI is InChI=1S/C17H20N2O2S/c1-3-15(16(20)19-17-18-11(2)10-22-17)21-14-8-7-12-5-4-6-13(12)9-14/h7-10,15H,3-6H2,1-2H3,(H,18,19,20). The quantitative estimate of drug-likeness (QED) is 0.914. The molecule has 0 saturated carbocycles. The maximum Gasteiger partial charge on any atom is 0.267 e. The molecule has 1 aromatic heterocycles. The molecular weight excluding hydrogens is 296 g/mol. The van der Waals surface area contributed by atoms with Crippen molar-refractivity contribution in [3.05, 3.63) is 40.4 Å². The van der Waals surface area contributed by atoms with Crippen molar-refractivity contribution in [1.29, 1.82) is 0 Å². The van der Waals surface area contributed by atoms with Gasteiger partial charge in [-0.25, -0.2) is 4.98 Å². The van der Waals surface area contributed by atoms with E-state index in [-0.39, 0.29) is 5.91 Å². The molecule has 2 aromatic rings. The van der Waals surface area contributed by atoms with Crippen molar-refractivity contribution < 1.29 is 9.53 Å². The zero-order chi connectivity index (χ0) is 15.5. The zero-order valence-corrected chi connectivity index (χ0v) is 13.7. The Morgan fingerprint density at radius 2 is 2.23 bits per heavy atom. The van der Waals surface area contributed by atoms with Crippen LogP contribution in [0.15, 0.2) is 23.6 Å². The van der Waals surface area contributed by atoms with Gasteiger partial charge in [0, 0.05) is 5.38 Å². The molecule has 1 unspecified atom stereocenters. The van der Waals surface area contributed by atoms with Gasteiger partial charge < -0.3 is 4.74 Å². The molecule has 5 heteroatoms. The number of amides is 1. The van der Waals surface area contributed by atoms with Crippen molar-refractivity contribution in [3.8, 4) is 5.75 Å². The molecule has 1 aliphatic carbocycles. The first kappa shape index (κ1) is 15.0. The largest absolute Gasteiger partial charge is 0.481 e.